The van der Waals surface area contributed by atoms with Crippen LogP contribution < -0.4 is 9.47 Å². The number of methoxy groups -OCH3 is 1. The average Bonchev–Trinajstić information content (AvgIpc) is 2.54. The number of nitro benzene ring substituents is 1. The molecular formula is C15H13NO7S. The van der Waals surface area contributed by atoms with Gasteiger partial charge in [-0.1, -0.05) is 0 Å². The summed E-state index contributed by atoms with van der Waals surface area (Å²) in [6.07, 6.45) is 1.57. The van der Waals surface area contributed by atoms with Crippen LogP contribution >= 0.6 is 0 Å². The molecule has 2 rings (SSSR count). The molecule has 0 spiro atoms. The molecule has 0 saturated carbocycles. The summed E-state index contributed by atoms with van der Waals surface area (Å²) in [7, 11) is -2.23. The average molecular weight is 351 g/mol. The number of rotatable bonds is 6. The molecule has 0 atom stereocenters. The van der Waals surface area contributed by atoms with Crippen molar-refractivity contribution < 1.29 is 27.6 Å². The van der Waals surface area contributed by atoms with E-state index in [0.29, 0.717) is 11.8 Å². The lowest BCUT2D eigenvalue weighted by atomic mass is 10.2. The number of hydrogen-bond donors (Lipinski definition) is 0. The number of hydrogen-bond acceptors (Lipinski definition) is 7. The molecule has 0 saturated heterocycles. The highest BCUT2D eigenvalue weighted by Gasteiger charge is 2.21. The van der Waals surface area contributed by atoms with E-state index in [1.807, 2.05) is 0 Å². The van der Waals surface area contributed by atoms with E-state index >= 15 is 0 Å². The first-order chi connectivity index (χ1) is 11.3. The van der Waals surface area contributed by atoms with Gasteiger partial charge in [0, 0.05) is 17.9 Å². The molecule has 0 aromatic heterocycles. The van der Waals surface area contributed by atoms with Crippen molar-refractivity contribution >= 4 is 21.8 Å². The topological polar surface area (TPSA) is 113 Å². The minimum absolute atomic E-state index is 0.149. The van der Waals surface area contributed by atoms with Crippen molar-refractivity contribution in [3.05, 3.63) is 52.1 Å². The third-order valence-corrected chi connectivity index (χ3v) is 4.21. The maximum Gasteiger partial charge on any atom is 0.312 e. The fourth-order valence-electron chi connectivity index (χ4n) is 1.92. The van der Waals surface area contributed by atoms with Crippen molar-refractivity contribution in [2.24, 2.45) is 0 Å². The first kappa shape index (κ1) is 17.4. The van der Waals surface area contributed by atoms with Gasteiger partial charge in [0.05, 0.1) is 16.9 Å². The lowest BCUT2D eigenvalue weighted by Crippen LogP contribution is -2.01. The van der Waals surface area contributed by atoms with Crippen LogP contribution in [0.1, 0.15) is 10.4 Å². The molecule has 0 bridgehead atoms. The lowest BCUT2D eigenvalue weighted by molar-refractivity contribution is -0.385. The van der Waals surface area contributed by atoms with E-state index in [1.54, 1.807) is 0 Å². The number of benzene rings is 2. The molecule has 0 aliphatic heterocycles. The second kappa shape index (κ2) is 6.67. The fourth-order valence-corrected chi connectivity index (χ4v) is 2.56. The minimum Gasteiger partial charge on any atom is -0.493 e. The van der Waals surface area contributed by atoms with Crippen LogP contribution in [0.3, 0.4) is 0 Å². The maximum atomic E-state index is 11.5. The summed E-state index contributed by atoms with van der Waals surface area (Å²) in [5.41, 5.74) is -0.152. The van der Waals surface area contributed by atoms with Crippen molar-refractivity contribution in [3.8, 4) is 17.2 Å². The molecule has 0 radical (unpaired) electrons. The Balaban J connectivity index is 2.50. The molecule has 0 aliphatic rings. The first-order valence-electron chi connectivity index (χ1n) is 6.56. The predicted molar refractivity (Wildman–Crippen MR) is 84.7 cm³/mol. The fraction of sp³-hybridized carbons (Fsp3) is 0.133. The summed E-state index contributed by atoms with van der Waals surface area (Å²) in [6, 6.07) is 7.64. The molecule has 24 heavy (non-hydrogen) atoms. The quantitative estimate of drug-likeness (QED) is 0.446. The van der Waals surface area contributed by atoms with Crippen LogP contribution in [0, 0.1) is 10.1 Å². The van der Waals surface area contributed by atoms with E-state index in [4.69, 9.17) is 9.47 Å². The second-order valence-corrected chi connectivity index (χ2v) is 6.80. The van der Waals surface area contributed by atoms with E-state index in [2.05, 4.69) is 0 Å². The highest BCUT2D eigenvalue weighted by atomic mass is 32.2. The second-order valence-electron chi connectivity index (χ2n) is 4.79. The minimum atomic E-state index is -3.59. The highest BCUT2D eigenvalue weighted by molar-refractivity contribution is 7.90. The Labute approximate surface area is 137 Å². The molecule has 2 aromatic carbocycles. The Morgan fingerprint density at radius 1 is 1.08 bits per heavy atom. The molecule has 0 aliphatic carbocycles. The third kappa shape index (κ3) is 3.69. The Bertz CT molecular complexity index is 906. The van der Waals surface area contributed by atoms with Gasteiger partial charge in [0.1, 0.15) is 6.29 Å². The van der Waals surface area contributed by atoms with Crippen LogP contribution in [0.25, 0.3) is 0 Å². The lowest BCUT2D eigenvalue weighted by Gasteiger charge is -2.11. The highest BCUT2D eigenvalue weighted by Crippen LogP contribution is 2.37. The van der Waals surface area contributed by atoms with Crippen molar-refractivity contribution in [1.29, 1.82) is 0 Å². The van der Waals surface area contributed by atoms with E-state index in [-0.39, 0.29) is 22.1 Å². The third-order valence-electron chi connectivity index (χ3n) is 3.10. The van der Waals surface area contributed by atoms with Crippen LogP contribution in [-0.4, -0.2) is 33.0 Å². The monoisotopic (exact) mass is 351 g/mol. The Morgan fingerprint density at radius 2 is 1.75 bits per heavy atom. The summed E-state index contributed by atoms with van der Waals surface area (Å²) >= 11 is 0. The van der Waals surface area contributed by atoms with Gasteiger partial charge in [-0.05, 0) is 30.3 Å². The molecule has 9 heteroatoms. The Hall–Kier alpha value is -2.94. The van der Waals surface area contributed by atoms with Crippen LogP contribution in [0.4, 0.5) is 5.69 Å². The molecule has 0 amide bonds. The zero-order chi connectivity index (χ0) is 17.9. The van der Waals surface area contributed by atoms with Crippen molar-refractivity contribution in [1.82, 2.24) is 0 Å². The largest absolute Gasteiger partial charge is 0.493 e. The summed E-state index contributed by atoms with van der Waals surface area (Å²) < 4.78 is 33.6. The van der Waals surface area contributed by atoms with Crippen LogP contribution in [0.5, 0.6) is 17.2 Å². The number of ether oxygens (including phenoxy) is 2. The van der Waals surface area contributed by atoms with E-state index in [0.717, 1.165) is 12.3 Å². The van der Waals surface area contributed by atoms with Crippen LogP contribution in [-0.2, 0) is 9.84 Å². The summed E-state index contributed by atoms with van der Waals surface area (Å²) in [5.74, 6) is 0.212. The van der Waals surface area contributed by atoms with Crippen molar-refractivity contribution in [2.75, 3.05) is 13.4 Å². The van der Waals surface area contributed by atoms with Crippen LogP contribution in [0.15, 0.2) is 41.3 Å². The van der Waals surface area contributed by atoms with Gasteiger partial charge < -0.3 is 9.47 Å². The predicted octanol–water partition coefficient (Wildman–Crippen LogP) is 2.61. The zero-order valence-corrected chi connectivity index (χ0v) is 13.6. The van der Waals surface area contributed by atoms with Gasteiger partial charge in [0.25, 0.3) is 0 Å². The molecular weight excluding hydrogens is 338 g/mol. The zero-order valence-electron chi connectivity index (χ0n) is 12.8. The Kier molecular flexibility index (Phi) is 4.84. The van der Waals surface area contributed by atoms with Crippen LogP contribution in [0.2, 0.25) is 0 Å². The number of nitrogens with zero attached hydrogens (tertiary/aromatic N) is 1. The normalized spacial score (nSPS) is 10.9. The molecule has 0 N–H and O–H groups in total. The van der Waals surface area contributed by atoms with Gasteiger partial charge in [0.2, 0.25) is 5.75 Å². The standard InChI is InChI=1S/C15H13NO7S/c1-22-15-7-10(9-17)3-5-14(15)23-13-6-4-11(24(2,20)21)8-12(13)16(18)19/h3-9H,1-2H3. The molecule has 2 aromatic rings. The molecule has 0 fully saturated rings. The number of carbonyl (C=O) groups excluding carboxylic acids is 1. The number of sulfone groups is 1. The van der Waals surface area contributed by atoms with E-state index < -0.39 is 20.4 Å². The smallest absolute Gasteiger partial charge is 0.312 e. The molecule has 0 unspecified atom stereocenters. The van der Waals surface area contributed by atoms with Gasteiger partial charge in [-0.3, -0.25) is 14.9 Å². The molecule has 8 nitrogen and oxygen atoms in total. The number of nitro groups is 1. The van der Waals surface area contributed by atoms with E-state index in [9.17, 15) is 23.3 Å². The van der Waals surface area contributed by atoms with E-state index in [1.165, 1.54) is 37.4 Å². The SMILES string of the molecule is COc1cc(C=O)ccc1Oc1ccc(S(C)(=O)=O)cc1[N+](=O)[O-]. The van der Waals surface area contributed by atoms with Gasteiger partial charge in [-0.2, -0.15) is 0 Å². The Morgan fingerprint density at radius 3 is 2.29 bits per heavy atom. The summed E-state index contributed by atoms with van der Waals surface area (Å²) in [4.78, 5) is 21.0. The number of aldehydes is 1. The van der Waals surface area contributed by atoms with Crippen molar-refractivity contribution in [3.63, 3.8) is 0 Å². The molecule has 0 heterocycles. The van der Waals surface area contributed by atoms with Gasteiger partial charge in [-0.15, -0.1) is 0 Å². The molecule has 126 valence electrons. The van der Waals surface area contributed by atoms with Gasteiger partial charge >= 0.3 is 5.69 Å². The van der Waals surface area contributed by atoms with Gasteiger partial charge in [-0.25, -0.2) is 8.42 Å². The number of carbonyl (C=O) groups is 1. The van der Waals surface area contributed by atoms with Crippen molar-refractivity contribution in [2.45, 2.75) is 4.90 Å². The van der Waals surface area contributed by atoms with Gasteiger partial charge in [0.15, 0.2) is 21.3 Å². The summed E-state index contributed by atoms with van der Waals surface area (Å²) in [5, 5.41) is 11.2. The maximum absolute atomic E-state index is 11.5. The first-order valence-corrected chi connectivity index (χ1v) is 8.45. The summed E-state index contributed by atoms with van der Waals surface area (Å²) in [6.45, 7) is 0.